The molecule has 1 aliphatic heterocycles. The number of rotatable bonds is 6. The molecule has 5 heteroatoms. The summed E-state index contributed by atoms with van der Waals surface area (Å²) in [4.78, 5) is 18.0. The average molecular weight is 363 g/mol. The summed E-state index contributed by atoms with van der Waals surface area (Å²) in [6, 6.07) is 16.3. The van der Waals surface area contributed by atoms with Crippen molar-refractivity contribution in [2.75, 3.05) is 31.6 Å². The largest absolute Gasteiger partial charge is 0.497 e. The van der Waals surface area contributed by atoms with Gasteiger partial charge in [0.05, 0.1) is 13.5 Å². The number of carbonyl (C=O) groups excluding carboxylic acids is 1. The standard InChI is InChI=1S/C22H25N3O2/c1-27-19-8-6-18(7-9-19)25-11-10-16(15-25)13-24-22(26)12-17-14-23-21-5-3-2-4-20(17)21/h2-9,14,16,23H,10-13,15H2,1H3,(H,24,26). The highest BCUT2D eigenvalue weighted by Gasteiger charge is 2.23. The van der Waals surface area contributed by atoms with Gasteiger partial charge in [-0.2, -0.15) is 0 Å². The van der Waals surface area contributed by atoms with Crippen molar-refractivity contribution in [3.8, 4) is 5.75 Å². The number of ether oxygens (including phenoxy) is 1. The lowest BCUT2D eigenvalue weighted by Crippen LogP contribution is -2.32. The van der Waals surface area contributed by atoms with Crippen LogP contribution in [0.5, 0.6) is 5.75 Å². The highest BCUT2D eigenvalue weighted by Crippen LogP contribution is 2.25. The van der Waals surface area contributed by atoms with Gasteiger partial charge in [-0.25, -0.2) is 0 Å². The Hall–Kier alpha value is -2.95. The number of aromatic amines is 1. The van der Waals surface area contributed by atoms with Gasteiger partial charge in [0.25, 0.3) is 0 Å². The Labute approximate surface area is 159 Å². The third-order valence-electron chi connectivity index (χ3n) is 5.34. The predicted octanol–water partition coefficient (Wildman–Crippen LogP) is 3.36. The van der Waals surface area contributed by atoms with Crippen LogP contribution in [0.1, 0.15) is 12.0 Å². The van der Waals surface area contributed by atoms with Gasteiger partial charge < -0.3 is 19.9 Å². The van der Waals surface area contributed by atoms with Crippen LogP contribution in [0.25, 0.3) is 10.9 Å². The van der Waals surface area contributed by atoms with Crippen molar-refractivity contribution in [2.24, 2.45) is 5.92 Å². The minimum atomic E-state index is 0.0858. The minimum absolute atomic E-state index is 0.0858. The Morgan fingerprint density at radius 2 is 2.04 bits per heavy atom. The predicted molar refractivity (Wildman–Crippen MR) is 108 cm³/mol. The van der Waals surface area contributed by atoms with Gasteiger partial charge in [0, 0.05) is 42.4 Å². The van der Waals surface area contributed by atoms with E-state index in [1.807, 2.05) is 36.5 Å². The average Bonchev–Trinajstić information content (AvgIpc) is 3.34. The van der Waals surface area contributed by atoms with Gasteiger partial charge in [0.1, 0.15) is 5.75 Å². The molecule has 1 fully saturated rings. The van der Waals surface area contributed by atoms with Gasteiger partial charge in [0.2, 0.25) is 5.91 Å². The number of anilines is 1. The molecule has 1 amide bonds. The second-order valence-corrected chi connectivity index (χ2v) is 7.14. The fraction of sp³-hybridized carbons (Fsp3) is 0.318. The number of aromatic nitrogens is 1. The quantitative estimate of drug-likeness (QED) is 0.706. The van der Waals surface area contributed by atoms with Crippen LogP contribution in [0.3, 0.4) is 0 Å². The van der Waals surface area contributed by atoms with Crippen molar-refractivity contribution < 1.29 is 9.53 Å². The molecule has 0 radical (unpaired) electrons. The van der Waals surface area contributed by atoms with Crippen molar-refractivity contribution in [1.82, 2.24) is 10.3 Å². The molecule has 5 nitrogen and oxygen atoms in total. The number of hydrogen-bond acceptors (Lipinski definition) is 3. The molecular weight excluding hydrogens is 338 g/mol. The number of nitrogens with zero attached hydrogens (tertiary/aromatic N) is 1. The molecule has 2 aromatic carbocycles. The maximum atomic E-state index is 12.4. The summed E-state index contributed by atoms with van der Waals surface area (Å²) in [5.74, 6) is 1.45. The molecule has 1 unspecified atom stereocenters. The van der Waals surface area contributed by atoms with E-state index in [2.05, 4.69) is 33.4 Å². The molecule has 1 aliphatic rings. The molecule has 0 bridgehead atoms. The highest BCUT2D eigenvalue weighted by atomic mass is 16.5. The molecule has 0 saturated carbocycles. The monoisotopic (exact) mass is 363 g/mol. The van der Waals surface area contributed by atoms with Crippen molar-refractivity contribution in [2.45, 2.75) is 12.8 Å². The van der Waals surface area contributed by atoms with E-state index in [-0.39, 0.29) is 5.91 Å². The number of carbonyl (C=O) groups is 1. The van der Waals surface area contributed by atoms with Crippen LogP contribution in [-0.2, 0) is 11.2 Å². The molecule has 2 N–H and O–H groups in total. The first-order chi connectivity index (χ1) is 13.2. The van der Waals surface area contributed by atoms with Crippen molar-refractivity contribution in [3.05, 3.63) is 60.3 Å². The Balaban J connectivity index is 1.28. The number of H-pyrrole nitrogens is 1. The van der Waals surface area contributed by atoms with Crippen molar-refractivity contribution in [3.63, 3.8) is 0 Å². The van der Waals surface area contributed by atoms with E-state index >= 15 is 0 Å². The molecule has 0 aliphatic carbocycles. The third kappa shape index (κ3) is 3.92. The number of nitrogens with one attached hydrogen (secondary N) is 2. The number of amides is 1. The third-order valence-corrected chi connectivity index (χ3v) is 5.34. The Morgan fingerprint density at radius 1 is 1.22 bits per heavy atom. The molecule has 1 saturated heterocycles. The van der Waals surface area contributed by atoms with E-state index in [4.69, 9.17) is 4.74 Å². The van der Waals surface area contributed by atoms with E-state index < -0.39 is 0 Å². The number of fused-ring (bicyclic) bond motifs is 1. The summed E-state index contributed by atoms with van der Waals surface area (Å²) in [5, 5.41) is 4.24. The van der Waals surface area contributed by atoms with E-state index in [1.54, 1.807) is 7.11 Å². The number of benzene rings is 2. The summed E-state index contributed by atoms with van der Waals surface area (Å²) in [6.45, 7) is 2.73. The van der Waals surface area contributed by atoms with E-state index in [0.29, 0.717) is 12.3 Å². The van der Waals surface area contributed by atoms with Crippen molar-refractivity contribution in [1.29, 1.82) is 0 Å². The molecule has 1 aromatic heterocycles. The maximum absolute atomic E-state index is 12.4. The fourth-order valence-electron chi connectivity index (χ4n) is 3.80. The smallest absolute Gasteiger partial charge is 0.224 e. The first kappa shape index (κ1) is 17.5. The lowest BCUT2D eigenvalue weighted by molar-refractivity contribution is -0.120. The summed E-state index contributed by atoms with van der Waals surface area (Å²) in [7, 11) is 1.68. The van der Waals surface area contributed by atoms with Gasteiger partial charge in [-0.15, -0.1) is 0 Å². The van der Waals surface area contributed by atoms with Gasteiger partial charge in [-0.3, -0.25) is 4.79 Å². The normalized spacial score (nSPS) is 16.6. The molecule has 4 rings (SSSR count). The lowest BCUT2D eigenvalue weighted by atomic mass is 10.1. The molecule has 0 spiro atoms. The second-order valence-electron chi connectivity index (χ2n) is 7.14. The second kappa shape index (κ2) is 7.74. The Morgan fingerprint density at radius 3 is 2.85 bits per heavy atom. The first-order valence-corrected chi connectivity index (χ1v) is 9.43. The molecule has 140 valence electrons. The zero-order chi connectivity index (χ0) is 18.6. The molecule has 3 aromatic rings. The maximum Gasteiger partial charge on any atom is 0.224 e. The number of para-hydroxylation sites is 1. The van der Waals surface area contributed by atoms with Crippen LogP contribution in [0, 0.1) is 5.92 Å². The van der Waals surface area contributed by atoms with Gasteiger partial charge in [-0.05, 0) is 48.2 Å². The minimum Gasteiger partial charge on any atom is -0.497 e. The lowest BCUT2D eigenvalue weighted by Gasteiger charge is -2.19. The van der Waals surface area contributed by atoms with Crippen LogP contribution in [0.4, 0.5) is 5.69 Å². The first-order valence-electron chi connectivity index (χ1n) is 9.43. The van der Waals surface area contributed by atoms with Crippen LogP contribution >= 0.6 is 0 Å². The highest BCUT2D eigenvalue weighted by molar-refractivity contribution is 5.88. The summed E-state index contributed by atoms with van der Waals surface area (Å²) >= 11 is 0. The van der Waals surface area contributed by atoms with Crippen LogP contribution in [0.15, 0.2) is 54.7 Å². The Bertz CT molecular complexity index is 917. The van der Waals surface area contributed by atoms with Gasteiger partial charge >= 0.3 is 0 Å². The molecule has 27 heavy (non-hydrogen) atoms. The summed E-state index contributed by atoms with van der Waals surface area (Å²) in [5.41, 5.74) is 3.34. The van der Waals surface area contributed by atoms with E-state index in [9.17, 15) is 4.79 Å². The summed E-state index contributed by atoms with van der Waals surface area (Å²) < 4.78 is 5.22. The molecule has 2 heterocycles. The molecular formula is C22H25N3O2. The number of methoxy groups -OCH3 is 1. The zero-order valence-electron chi connectivity index (χ0n) is 15.6. The van der Waals surface area contributed by atoms with Crippen LogP contribution in [0.2, 0.25) is 0 Å². The van der Waals surface area contributed by atoms with Crippen LogP contribution in [-0.4, -0.2) is 37.6 Å². The SMILES string of the molecule is COc1ccc(N2CCC(CNC(=O)Cc3c[nH]c4ccccc34)C2)cc1. The van der Waals surface area contributed by atoms with E-state index in [0.717, 1.165) is 48.3 Å². The summed E-state index contributed by atoms with van der Waals surface area (Å²) in [6.07, 6.45) is 3.45. The fourth-order valence-corrected chi connectivity index (χ4v) is 3.80. The zero-order valence-corrected chi connectivity index (χ0v) is 15.6. The Kier molecular flexibility index (Phi) is 5.01. The van der Waals surface area contributed by atoms with E-state index in [1.165, 1.54) is 5.69 Å². The van der Waals surface area contributed by atoms with Gasteiger partial charge in [0.15, 0.2) is 0 Å². The van der Waals surface area contributed by atoms with Crippen molar-refractivity contribution >= 4 is 22.5 Å². The van der Waals surface area contributed by atoms with Crippen LogP contribution < -0.4 is 15.0 Å². The topological polar surface area (TPSA) is 57.4 Å². The number of hydrogen-bond donors (Lipinski definition) is 2. The van der Waals surface area contributed by atoms with Gasteiger partial charge in [-0.1, -0.05) is 18.2 Å². The molecule has 1 atom stereocenters.